The lowest BCUT2D eigenvalue weighted by Gasteiger charge is -2.11. The Labute approximate surface area is 149 Å². The standard InChI is InChI=1S/C18H21N3O3S/c1-4-11(5-2)17(22)19-9-16-20-13(10-25-16)12-6-7-14-15(8-12)24-18(23)21(14)3/h6-8,10-11H,4-5,9H2,1-3H3,(H,19,22). The van der Waals surface area contributed by atoms with Crippen molar-refractivity contribution in [3.8, 4) is 11.3 Å². The molecule has 6 nitrogen and oxygen atoms in total. The second-order valence-electron chi connectivity index (χ2n) is 5.97. The third-order valence-corrected chi connectivity index (χ3v) is 5.26. The van der Waals surface area contributed by atoms with Gasteiger partial charge in [0.2, 0.25) is 5.91 Å². The predicted octanol–water partition coefficient (Wildman–Crippen LogP) is 3.31. The van der Waals surface area contributed by atoms with Gasteiger partial charge in [-0.15, -0.1) is 11.3 Å². The first kappa shape index (κ1) is 17.4. The highest BCUT2D eigenvalue weighted by molar-refractivity contribution is 7.09. The van der Waals surface area contributed by atoms with Crippen LogP contribution in [0.3, 0.4) is 0 Å². The molecule has 0 aliphatic carbocycles. The van der Waals surface area contributed by atoms with Gasteiger partial charge in [0.15, 0.2) is 5.58 Å². The van der Waals surface area contributed by atoms with Crippen LogP contribution < -0.4 is 11.1 Å². The first-order valence-electron chi connectivity index (χ1n) is 8.35. The minimum atomic E-state index is -0.379. The van der Waals surface area contributed by atoms with Crippen LogP contribution in [-0.2, 0) is 18.4 Å². The molecule has 3 aromatic rings. The van der Waals surface area contributed by atoms with Crippen molar-refractivity contribution in [3.63, 3.8) is 0 Å². The fraction of sp³-hybridized carbons (Fsp3) is 0.389. The topological polar surface area (TPSA) is 77.1 Å². The summed E-state index contributed by atoms with van der Waals surface area (Å²) in [5, 5.41) is 5.75. The molecule has 0 atom stereocenters. The normalized spacial score (nSPS) is 11.4. The molecule has 7 heteroatoms. The Kier molecular flexibility index (Phi) is 5.03. The van der Waals surface area contributed by atoms with Gasteiger partial charge in [0, 0.05) is 23.9 Å². The maximum atomic E-state index is 12.1. The van der Waals surface area contributed by atoms with Gasteiger partial charge in [0.25, 0.3) is 0 Å². The Bertz CT molecular complexity index is 950. The molecule has 1 N–H and O–H groups in total. The Morgan fingerprint density at radius 2 is 2.12 bits per heavy atom. The van der Waals surface area contributed by atoms with Crippen molar-refractivity contribution in [2.45, 2.75) is 33.2 Å². The number of rotatable bonds is 6. The van der Waals surface area contributed by atoms with E-state index in [0.717, 1.165) is 34.6 Å². The van der Waals surface area contributed by atoms with Crippen LogP contribution in [0.15, 0.2) is 32.8 Å². The third kappa shape index (κ3) is 3.51. The van der Waals surface area contributed by atoms with E-state index in [-0.39, 0.29) is 17.6 Å². The molecule has 1 aromatic carbocycles. The summed E-state index contributed by atoms with van der Waals surface area (Å²) >= 11 is 1.50. The van der Waals surface area contributed by atoms with Gasteiger partial charge in [-0.2, -0.15) is 0 Å². The second kappa shape index (κ2) is 7.23. The molecular formula is C18H21N3O3S. The van der Waals surface area contributed by atoms with E-state index < -0.39 is 0 Å². The molecule has 1 amide bonds. The number of nitrogens with zero attached hydrogens (tertiary/aromatic N) is 2. The fourth-order valence-electron chi connectivity index (χ4n) is 2.78. The van der Waals surface area contributed by atoms with Crippen molar-refractivity contribution < 1.29 is 9.21 Å². The molecule has 0 fully saturated rings. The number of oxazole rings is 1. The number of carbonyl (C=O) groups is 1. The zero-order valence-corrected chi connectivity index (χ0v) is 15.4. The van der Waals surface area contributed by atoms with Crippen LogP contribution in [0.25, 0.3) is 22.4 Å². The van der Waals surface area contributed by atoms with Crippen molar-refractivity contribution in [1.29, 1.82) is 0 Å². The molecule has 25 heavy (non-hydrogen) atoms. The Morgan fingerprint density at radius 3 is 2.84 bits per heavy atom. The number of thiazole rings is 1. The van der Waals surface area contributed by atoms with Crippen molar-refractivity contribution in [2.24, 2.45) is 13.0 Å². The van der Waals surface area contributed by atoms with Crippen molar-refractivity contribution >= 4 is 28.3 Å². The van der Waals surface area contributed by atoms with E-state index in [4.69, 9.17) is 4.42 Å². The molecule has 0 bridgehead atoms. The summed E-state index contributed by atoms with van der Waals surface area (Å²) in [6.45, 7) is 4.48. The van der Waals surface area contributed by atoms with Gasteiger partial charge in [-0.3, -0.25) is 9.36 Å². The summed E-state index contributed by atoms with van der Waals surface area (Å²) in [4.78, 5) is 28.2. The number of amides is 1. The number of benzene rings is 1. The zero-order valence-electron chi connectivity index (χ0n) is 14.5. The van der Waals surface area contributed by atoms with Crippen LogP contribution in [0.4, 0.5) is 0 Å². The molecule has 132 valence electrons. The minimum Gasteiger partial charge on any atom is -0.408 e. The third-order valence-electron chi connectivity index (χ3n) is 4.41. The van der Waals surface area contributed by atoms with E-state index in [1.54, 1.807) is 7.05 Å². The van der Waals surface area contributed by atoms with Gasteiger partial charge in [0.05, 0.1) is 17.8 Å². The van der Waals surface area contributed by atoms with Crippen LogP contribution in [0, 0.1) is 5.92 Å². The Balaban J connectivity index is 1.75. The molecule has 0 aliphatic heterocycles. The molecule has 2 heterocycles. The fourth-order valence-corrected chi connectivity index (χ4v) is 3.53. The lowest BCUT2D eigenvalue weighted by Crippen LogP contribution is -2.29. The maximum Gasteiger partial charge on any atom is 0.419 e. The van der Waals surface area contributed by atoms with E-state index in [9.17, 15) is 9.59 Å². The number of carbonyl (C=O) groups excluding carboxylic acids is 1. The zero-order chi connectivity index (χ0) is 18.0. The summed E-state index contributed by atoms with van der Waals surface area (Å²) in [6.07, 6.45) is 1.68. The highest BCUT2D eigenvalue weighted by atomic mass is 32.1. The monoisotopic (exact) mass is 359 g/mol. The molecule has 0 unspecified atom stereocenters. The second-order valence-corrected chi connectivity index (χ2v) is 6.91. The Hall–Kier alpha value is -2.41. The lowest BCUT2D eigenvalue weighted by atomic mass is 10.0. The summed E-state index contributed by atoms with van der Waals surface area (Å²) in [5.41, 5.74) is 2.99. The van der Waals surface area contributed by atoms with E-state index in [1.165, 1.54) is 15.9 Å². The molecule has 0 saturated carbocycles. The first-order chi connectivity index (χ1) is 12.0. The summed E-state index contributed by atoms with van der Waals surface area (Å²) in [6, 6.07) is 5.58. The van der Waals surface area contributed by atoms with Gasteiger partial charge >= 0.3 is 5.76 Å². The molecule has 3 rings (SSSR count). The van der Waals surface area contributed by atoms with Crippen LogP contribution in [0.1, 0.15) is 31.7 Å². The lowest BCUT2D eigenvalue weighted by molar-refractivity contribution is -0.125. The summed E-state index contributed by atoms with van der Waals surface area (Å²) in [7, 11) is 1.68. The minimum absolute atomic E-state index is 0.0582. The van der Waals surface area contributed by atoms with Crippen molar-refractivity contribution in [2.75, 3.05) is 0 Å². The number of hydrogen-bond donors (Lipinski definition) is 1. The Morgan fingerprint density at radius 1 is 1.36 bits per heavy atom. The quantitative estimate of drug-likeness (QED) is 0.732. The van der Waals surface area contributed by atoms with Gasteiger partial charge < -0.3 is 9.73 Å². The van der Waals surface area contributed by atoms with Crippen LogP contribution >= 0.6 is 11.3 Å². The summed E-state index contributed by atoms with van der Waals surface area (Å²) in [5.74, 6) is -0.243. The number of hydrogen-bond acceptors (Lipinski definition) is 5. The van der Waals surface area contributed by atoms with E-state index in [1.807, 2.05) is 37.4 Å². The average molecular weight is 359 g/mol. The molecule has 0 spiro atoms. The molecular weight excluding hydrogens is 338 g/mol. The van der Waals surface area contributed by atoms with Gasteiger partial charge in [-0.25, -0.2) is 9.78 Å². The van der Waals surface area contributed by atoms with Crippen molar-refractivity contribution in [1.82, 2.24) is 14.9 Å². The number of aromatic nitrogens is 2. The molecule has 0 aliphatic rings. The van der Waals surface area contributed by atoms with Crippen molar-refractivity contribution in [3.05, 3.63) is 39.1 Å². The highest BCUT2D eigenvalue weighted by Gasteiger charge is 2.15. The maximum absolute atomic E-state index is 12.1. The van der Waals surface area contributed by atoms with E-state index >= 15 is 0 Å². The van der Waals surface area contributed by atoms with Crippen LogP contribution in [-0.4, -0.2) is 15.5 Å². The number of fused-ring (bicyclic) bond motifs is 1. The van der Waals surface area contributed by atoms with Gasteiger partial charge in [-0.05, 0) is 25.0 Å². The van der Waals surface area contributed by atoms with Crippen LogP contribution in [0.5, 0.6) is 0 Å². The van der Waals surface area contributed by atoms with E-state index in [2.05, 4.69) is 10.3 Å². The number of nitrogens with one attached hydrogen (secondary N) is 1. The summed E-state index contributed by atoms with van der Waals surface area (Å²) < 4.78 is 6.69. The number of aryl methyl sites for hydroxylation is 1. The van der Waals surface area contributed by atoms with Gasteiger partial charge in [0.1, 0.15) is 5.01 Å². The van der Waals surface area contributed by atoms with E-state index in [0.29, 0.717) is 12.1 Å². The first-order valence-corrected chi connectivity index (χ1v) is 9.23. The molecule has 0 radical (unpaired) electrons. The largest absolute Gasteiger partial charge is 0.419 e. The van der Waals surface area contributed by atoms with Crippen LogP contribution in [0.2, 0.25) is 0 Å². The van der Waals surface area contributed by atoms with Gasteiger partial charge in [-0.1, -0.05) is 19.9 Å². The average Bonchev–Trinajstić information content (AvgIpc) is 3.19. The molecule has 0 saturated heterocycles. The smallest absolute Gasteiger partial charge is 0.408 e. The predicted molar refractivity (Wildman–Crippen MR) is 98.5 cm³/mol. The highest BCUT2D eigenvalue weighted by Crippen LogP contribution is 2.25. The SMILES string of the molecule is CCC(CC)C(=O)NCc1nc(-c2ccc3c(c2)oc(=O)n3C)cs1. The molecule has 2 aromatic heterocycles.